The van der Waals surface area contributed by atoms with Gasteiger partial charge in [0.05, 0.1) is 55.4 Å². The van der Waals surface area contributed by atoms with Crippen LogP contribution in [-0.4, -0.2) is 149 Å². The van der Waals surface area contributed by atoms with E-state index in [0.717, 1.165) is 0 Å². The number of benzene rings is 1. The van der Waals surface area contributed by atoms with E-state index >= 15 is 0 Å². The van der Waals surface area contributed by atoms with Crippen molar-refractivity contribution in [3.8, 4) is 0 Å². The van der Waals surface area contributed by atoms with Gasteiger partial charge in [0.25, 0.3) is 0 Å². The Morgan fingerprint density at radius 2 is 1.55 bits per heavy atom. The number of aromatic amines is 1. The number of hydrogen-bond acceptors (Lipinski definition) is 12. The van der Waals surface area contributed by atoms with E-state index in [2.05, 4.69) is 31.4 Å². The molecule has 0 radical (unpaired) electrons. The van der Waals surface area contributed by atoms with Crippen molar-refractivity contribution in [1.82, 2.24) is 46.1 Å². The van der Waals surface area contributed by atoms with Gasteiger partial charge in [0, 0.05) is 34.9 Å². The predicted octanol–water partition coefficient (Wildman–Crippen LogP) is 5.23. The highest BCUT2D eigenvalue weighted by Gasteiger charge is 2.44. The fourth-order valence-electron chi connectivity index (χ4n) is 8.81. The van der Waals surface area contributed by atoms with E-state index in [4.69, 9.17) is 18.9 Å². The number of aromatic nitrogens is 3. The number of carbonyl (C=O) groups excluding carboxylic acids is 6. The lowest BCUT2D eigenvalue weighted by atomic mass is 9.89. The molecule has 376 valence electrons. The lowest BCUT2D eigenvalue weighted by Crippen LogP contribution is -2.60. The van der Waals surface area contributed by atoms with Crippen LogP contribution in [0, 0.1) is 23.7 Å². The topological polar surface area (TPSA) is 227 Å². The normalized spacial score (nSPS) is 18.1. The summed E-state index contributed by atoms with van der Waals surface area (Å²) in [6, 6.07) is 5.57. The van der Waals surface area contributed by atoms with Crippen LogP contribution in [0.15, 0.2) is 36.5 Å². The lowest BCUT2D eigenvalue weighted by molar-refractivity contribution is -0.148. The van der Waals surface area contributed by atoms with Crippen LogP contribution in [0.3, 0.4) is 0 Å². The number of likely N-dealkylation sites (N-methyl/N-ethyl adjacent to an activating group) is 2. The zero-order valence-corrected chi connectivity index (χ0v) is 42.5. The molecule has 0 bridgehead atoms. The van der Waals surface area contributed by atoms with Crippen molar-refractivity contribution in [3.05, 3.63) is 47.8 Å². The smallest absolute Gasteiger partial charge is 0.410 e. The maximum atomic E-state index is 14.5. The Bertz CT molecular complexity index is 1890. The number of hydrogen-bond donors (Lipinski definition) is 4. The van der Waals surface area contributed by atoms with Crippen LogP contribution in [0.1, 0.15) is 119 Å². The molecular formula is C48H79N9O10. The van der Waals surface area contributed by atoms with E-state index < -0.39 is 78.1 Å². The number of ether oxygens (including phenoxy) is 4. The van der Waals surface area contributed by atoms with Gasteiger partial charge in [-0.2, -0.15) is 15.4 Å². The van der Waals surface area contributed by atoms with Crippen LogP contribution in [0.4, 0.5) is 9.59 Å². The highest BCUT2D eigenvalue weighted by molar-refractivity contribution is 5.92. The number of rotatable bonds is 23. The Kier molecular flexibility index (Phi) is 21.5. The monoisotopic (exact) mass is 942 g/mol. The number of nitrogens with one attached hydrogen (secondary N) is 4. The molecule has 0 spiro atoms. The van der Waals surface area contributed by atoms with Crippen molar-refractivity contribution in [2.75, 3.05) is 34.9 Å². The average molecular weight is 942 g/mol. The second kappa shape index (κ2) is 25.7. The maximum Gasteiger partial charge on any atom is 0.410 e. The first kappa shape index (κ1) is 56.0. The van der Waals surface area contributed by atoms with E-state index in [1.165, 1.54) is 32.4 Å². The van der Waals surface area contributed by atoms with Crippen LogP contribution in [0.5, 0.6) is 0 Å². The number of H-pyrrole nitrogens is 1. The van der Waals surface area contributed by atoms with Crippen molar-refractivity contribution < 1.29 is 47.7 Å². The standard InChI is InChI=1S/C48H79N9O10/c1-16-30(6)40(55(12)45(61)38(28(2)3)52-44(60)39(29(4)5)56(13)47(63)67-48(9,10)11)36(64-14)25-37(58)57-24-20-23-35(57)41(65-15)31(7)43(59)51-32(8)42(33-21-18-17-19-22-33)66-46(62)49-26-34-27-50-54-53-34/h17-19,21-22,27-32,35-36,38-42H,16,20,23-26H2,1-15H3,(H,49,62)(H,51,59)(H,52,60)(H,50,53,54)/t30-,31+,32+,35-,36+,38-,39-,40-,41+,42+/m0/s1. The molecule has 0 saturated carbocycles. The third kappa shape index (κ3) is 15.6. The molecule has 67 heavy (non-hydrogen) atoms. The third-order valence-electron chi connectivity index (χ3n) is 12.6. The summed E-state index contributed by atoms with van der Waals surface area (Å²) >= 11 is 0. The summed E-state index contributed by atoms with van der Waals surface area (Å²) in [6.45, 7) is 20.6. The first-order chi connectivity index (χ1) is 31.5. The van der Waals surface area contributed by atoms with E-state index in [1.54, 1.807) is 51.5 Å². The minimum absolute atomic E-state index is 0.0582. The van der Waals surface area contributed by atoms with Gasteiger partial charge in [0.15, 0.2) is 0 Å². The van der Waals surface area contributed by atoms with Gasteiger partial charge in [0.1, 0.15) is 29.5 Å². The number of methoxy groups -OCH3 is 2. The van der Waals surface area contributed by atoms with Crippen molar-refractivity contribution >= 4 is 35.8 Å². The molecule has 1 fully saturated rings. The van der Waals surface area contributed by atoms with Gasteiger partial charge in [-0.3, -0.25) is 24.1 Å². The first-order valence-corrected chi connectivity index (χ1v) is 23.5. The first-order valence-electron chi connectivity index (χ1n) is 23.5. The molecule has 19 heteroatoms. The van der Waals surface area contributed by atoms with Crippen molar-refractivity contribution in [3.63, 3.8) is 0 Å². The zero-order chi connectivity index (χ0) is 50.3. The van der Waals surface area contributed by atoms with Gasteiger partial charge in [-0.05, 0) is 63.9 Å². The SMILES string of the molecule is CC[C@H](C)[C@@H]([C@@H](CC(=O)N1CCC[C@H]1[C@H](OC)[C@@H](C)C(=O)N[C@H](C)[C@@H](OC(=O)NCc1cn[nH]n1)c1ccccc1)OC)N(C)C(=O)[C@@H](NC(=O)[C@H](C(C)C)N(C)C(=O)OC(C)(C)C)C(C)C. The summed E-state index contributed by atoms with van der Waals surface area (Å²) < 4.78 is 23.5. The second-order valence-electron chi connectivity index (χ2n) is 19.4. The molecule has 19 nitrogen and oxygen atoms in total. The minimum atomic E-state index is -0.955. The van der Waals surface area contributed by atoms with Gasteiger partial charge in [-0.15, -0.1) is 0 Å². The second-order valence-corrected chi connectivity index (χ2v) is 19.4. The van der Waals surface area contributed by atoms with Gasteiger partial charge in [-0.1, -0.05) is 85.2 Å². The quantitative estimate of drug-likeness (QED) is 0.112. The van der Waals surface area contributed by atoms with Crippen LogP contribution in [0.2, 0.25) is 0 Å². The Hall–Kier alpha value is -5.30. The molecule has 0 unspecified atom stereocenters. The van der Waals surface area contributed by atoms with E-state index in [-0.39, 0.29) is 48.4 Å². The Morgan fingerprint density at radius 3 is 2.09 bits per heavy atom. The molecule has 3 rings (SSSR count). The molecular weight excluding hydrogens is 863 g/mol. The van der Waals surface area contributed by atoms with E-state index in [0.29, 0.717) is 37.1 Å². The lowest BCUT2D eigenvalue weighted by Gasteiger charge is -2.41. The Balaban J connectivity index is 1.78. The van der Waals surface area contributed by atoms with Crippen molar-refractivity contribution in [2.45, 2.75) is 163 Å². The summed E-state index contributed by atoms with van der Waals surface area (Å²) in [5.74, 6) is -2.87. The number of likely N-dealkylation sites (tertiary alicyclic amines) is 1. The fourth-order valence-corrected chi connectivity index (χ4v) is 8.81. The molecule has 4 N–H and O–H groups in total. The van der Waals surface area contributed by atoms with Gasteiger partial charge >= 0.3 is 12.2 Å². The Labute approximate surface area is 397 Å². The molecule has 1 aliphatic rings. The molecule has 1 aromatic heterocycles. The predicted molar refractivity (Wildman–Crippen MR) is 252 cm³/mol. The van der Waals surface area contributed by atoms with Crippen LogP contribution in [0.25, 0.3) is 0 Å². The van der Waals surface area contributed by atoms with Crippen molar-refractivity contribution in [2.24, 2.45) is 23.7 Å². The molecule has 2 heterocycles. The summed E-state index contributed by atoms with van der Waals surface area (Å²) in [4.78, 5) is 87.5. The summed E-state index contributed by atoms with van der Waals surface area (Å²) in [7, 11) is 6.22. The summed E-state index contributed by atoms with van der Waals surface area (Å²) in [5, 5.41) is 18.8. The maximum absolute atomic E-state index is 14.5. The summed E-state index contributed by atoms with van der Waals surface area (Å²) in [5.41, 5.74) is 0.428. The van der Waals surface area contributed by atoms with Crippen LogP contribution >= 0.6 is 0 Å². The largest absolute Gasteiger partial charge is 0.444 e. The highest BCUT2D eigenvalue weighted by Crippen LogP contribution is 2.31. The third-order valence-corrected chi connectivity index (χ3v) is 12.6. The summed E-state index contributed by atoms with van der Waals surface area (Å²) in [6.07, 6.45) is -0.229. The molecule has 6 amide bonds. The Morgan fingerprint density at radius 1 is 0.896 bits per heavy atom. The fraction of sp³-hybridized carbons (Fsp3) is 0.708. The number of alkyl carbamates (subject to hydrolysis) is 1. The molecule has 10 atom stereocenters. The number of amides is 6. The van der Waals surface area contributed by atoms with Crippen LogP contribution < -0.4 is 16.0 Å². The van der Waals surface area contributed by atoms with E-state index in [1.807, 2.05) is 71.9 Å². The molecule has 1 aliphatic heterocycles. The molecule has 0 aliphatic carbocycles. The minimum Gasteiger partial charge on any atom is -0.444 e. The molecule has 1 aromatic carbocycles. The van der Waals surface area contributed by atoms with Gasteiger partial charge in [-0.25, -0.2) is 9.59 Å². The molecule has 1 saturated heterocycles. The highest BCUT2D eigenvalue weighted by atomic mass is 16.6. The number of nitrogens with zero attached hydrogens (tertiary/aromatic N) is 5. The van der Waals surface area contributed by atoms with E-state index in [9.17, 15) is 28.8 Å². The zero-order valence-electron chi connectivity index (χ0n) is 42.5. The van der Waals surface area contributed by atoms with Crippen molar-refractivity contribution in [1.29, 1.82) is 0 Å². The molecule has 2 aromatic rings. The van der Waals surface area contributed by atoms with Gasteiger partial charge in [0.2, 0.25) is 23.6 Å². The van der Waals surface area contributed by atoms with Gasteiger partial charge < -0.3 is 44.7 Å². The van der Waals surface area contributed by atoms with Crippen LogP contribution in [-0.2, 0) is 44.7 Å². The average Bonchev–Trinajstić information content (AvgIpc) is 3.99. The number of carbonyl (C=O) groups is 6.